The number of anilines is 3. The Bertz CT molecular complexity index is 1620. The van der Waals surface area contributed by atoms with Gasteiger partial charge in [0, 0.05) is 55.4 Å². The van der Waals surface area contributed by atoms with Crippen molar-refractivity contribution in [3.8, 4) is 0 Å². The second-order valence-electron chi connectivity index (χ2n) is 10.1. The van der Waals surface area contributed by atoms with Crippen LogP contribution in [-0.4, -0.2) is 43.0 Å². The van der Waals surface area contributed by atoms with Crippen molar-refractivity contribution in [2.24, 2.45) is 5.10 Å². The van der Waals surface area contributed by atoms with E-state index in [9.17, 15) is 14.7 Å². The summed E-state index contributed by atoms with van der Waals surface area (Å²) in [6, 6.07) is 22.7. The molecule has 0 fully saturated rings. The molecule has 1 aromatic heterocycles. The minimum atomic E-state index is -0.983. The number of aromatic carboxylic acids is 1. The fourth-order valence-corrected chi connectivity index (χ4v) is 5.51. The molecule has 2 heterocycles. The molecule has 4 aromatic rings. The monoisotopic (exact) mass is 552 g/mol. The fourth-order valence-electron chi connectivity index (χ4n) is 5.51. The maximum atomic E-state index is 13.3. The highest BCUT2D eigenvalue weighted by atomic mass is 16.4. The van der Waals surface area contributed by atoms with E-state index in [1.54, 1.807) is 24.3 Å². The van der Waals surface area contributed by atoms with Crippen molar-refractivity contribution in [2.75, 3.05) is 41.0 Å². The summed E-state index contributed by atoms with van der Waals surface area (Å²) in [4.78, 5) is 29.2. The molecule has 0 spiro atoms. The Morgan fingerprint density at radius 1 is 0.878 bits per heavy atom. The molecule has 0 amide bonds. The number of fused-ring (bicyclic) bond motifs is 1. The highest BCUT2D eigenvalue weighted by Crippen LogP contribution is 2.37. The summed E-state index contributed by atoms with van der Waals surface area (Å²) >= 11 is 0. The van der Waals surface area contributed by atoms with Gasteiger partial charge in [0.2, 0.25) is 0 Å². The van der Waals surface area contributed by atoms with E-state index in [2.05, 4.69) is 61.8 Å². The predicted molar refractivity (Wildman–Crippen MR) is 166 cm³/mol. The summed E-state index contributed by atoms with van der Waals surface area (Å²) < 4.78 is 5.82. The molecule has 1 atom stereocenters. The molecule has 1 unspecified atom stereocenters. The molecule has 0 saturated heterocycles. The first-order valence-electron chi connectivity index (χ1n) is 14.2. The van der Waals surface area contributed by atoms with E-state index in [1.807, 2.05) is 29.3 Å². The van der Waals surface area contributed by atoms with Crippen molar-refractivity contribution < 1.29 is 14.3 Å². The van der Waals surface area contributed by atoms with Gasteiger partial charge in [0.1, 0.15) is 5.58 Å². The molecule has 41 heavy (non-hydrogen) atoms. The van der Waals surface area contributed by atoms with Crippen LogP contribution in [0.4, 0.5) is 17.1 Å². The Balaban J connectivity index is 1.54. The van der Waals surface area contributed by atoms with Gasteiger partial charge < -0.3 is 19.3 Å². The van der Waals surface area contributed by atoms with Gasteiger partial charge in [-0.3, -0.25) is 5.01 Å². The zero-order chi connectivity index (χ0) is 29.1. The van der Waals surface area contributed by atoms with Crippen LogP contribution < -0.4 is 20.4 Å². The lowest BCUT2D eigenvalue weighted by atomic mass is 9.98. The maximum Gasteiger partial charge on any atom is 0.345 e. The first kappa shape index (κ1) is 28.0. The van der Waals surface area contributed by atoms with Gasteiger partial charge in [-0.2, -0.15) is 5.10 Å². The first-order valence-corrected chi connectivity index (χ1v) is 14.2. The van der Waals surface area contributed by atoms with Gasteiger partial charge >= 0.3 is 11.6 Å². The summed E-state index contributed by atoms with van der Waals surface area (Å²) in [5.74, 6) is -0.983. The molecular weight excluding hydrogens is 516 g/mol. The standard InChI is InChI=1S/C33H36N4O4/c1-5-35(6-2)25-14-9-22(10-15-25)30-21-29(34-37(30)26-16-11-23(12-17-26)32(38)39)28-19-24-13-18-27(36(7-3)8-4)20-31(24)41-33(28)40/h9-20,30H,5-8,21H2,1-4H3,(H,38,39). The van der Waals surface area contributed by atoms with Crippen LogP contribution in [0.25, 0.3) is 11.0 Å². The van der Waals surface area contributed by atoms with Gasteiger partial charge in [0.15, 0.2) is 0 Å². The van der Waals surface area contributed by atoms with Crippen LogP contribution >= 0.6 is 0 Å². The minimum Gasteiger partial charge on any atom is -0.478 e. The summed E-state index contributed by atoms with van der Waals surface area (Å²) in [6.45, 7) is 12.0. The zero-order valence-corrected chi connectivity index (χ0v) is 24.0. The highest BCUT2D eigenvalue weighted by Gasteiger charge is 2.32. The number of rotatable bonds is 10. The Morgan fingerprint density at radius 2 is 1.49 bits per heavy atom. The van der Waals surface area contributed by atoms with Crippen LogP contribution in [0, 0.1) is 0 Å². The molecule has 1 aliphatic heterocycles. The molecule has 1 aliphatic rings. The third kappa shape index (κ3) is 5.55. The fraction of sp³-hybridized carbons (Fsp3) is 0.303. The summed E-state index contributed by atoms with van der Waals surface area (Å²) in [6.07, 6.45) is 0.499. The SMILES string of the molecule is CCN(CC)c1ccc(C2CC(c3cc4ccc(N(CC)CC)cc4oc3=O)=NN2c2ccc(C(=O)O)cc2)cc1. The van der Waals surface area contributed by atoms with Crippen LogP contribution in [0.3, 0.4) is 0 Å². The van der Waals surface area contributed by atoms with Crippen LogP contribution in [0.2, 0.25) is 0 Å². The molecule has 212 valence electrons. The number of nitrogens with zero attached hydrogens (tertiary/aromatic N) is 4. The van der Waals surface area contributed by atoms with Crippen molar-refractivity contribution >= 4 is 39.7 Å². The molecule has 0 aliphatic carbocycles. The van der Waals surface area contributed by atoms with Gasteiger partial charge in [0.25, 0.3) is 0 Å². The number of carbonyl (C=O) groups is 1. The van der Waals surface area contributed by atoms with Crippen molar-refractivity contribution in [1.82, 2.24) is 0 Å². The second-order valence-corrected chi connectivity index (χ2v) is 10.1. The van der Waals surface area contributed by atoms with Crippen LogP contribution in [-0.2, 0) is 0 Å². The van der Waals surface area contributed by atoms with Crippen molar-refractivity contribution in [3.05, 3.63) is 99.9 Å². The molecular formula is C33H36N4O4. The Kier molecular flexibility index (Phi) is 8.10. The smallest absolute Gasteiger partial charge is 0.345 e. The van der Waals surface area contributed by atoms with Crippen LogP contribution in [0.15, 0.2) is 87.1 Å². The normalized spacial score (nSPS) is 14.8. The minimum absolute atomic E-state index is 0.174. The Morgan fingerprint density at radius 3 is 2.10 bits per heavy atom. The van der Waals surface area contributed by atoms with Crippen molar-refractivity contribution in [1.29, 1.82) is 0 Å². The number of benzene rings is 3. The average molecular weight is 553 g/mol. The van der Waals surface area contributed by atoms with E-state index in [4.69, 9.17) is 9.52 Å². The third-order valence-corrected chi connectivity index (χ3v) is 7.85. The first-order chi connectivity index (χ1) is 19.9. The lowest BCUT2D eigenvalue weighted by Gasteiger charge is -2.25. The predicted octanol–water partition coefficient (Wildman–Crippen LogP) is 6.54. The molecule has 5 rings (SSSR count). The zero-order valence-electron chi connectivity index (χ0n) is 24.0. The molecule has 0 saturated carbocycles. The lowest BCUT2D eigenvalue weighted by molar-refractivity contribution is 0.0697. The largest absolute Gasteiger partial charge is 0.478 e. The van der Waals surface area contributed by atoms with E-state index >= 15 is 0 Å². The number of hydrogen-bond donors (Lipinski definition) is 1. The van der Waals surface area contributed by atoms with Gasteiger partial charge in [-0.05, 0) is 87.9 Å². The van der Waals surface area contributed by atoms with Gasteiger partial charge in [-0.1, -0.05) is 12.1 Å². The van der Waals surface area contributed by atoms with E-state index in [-0.39, 0.29) is 11.6 Å². The topological polar surface area (TPSA) is 89.6 Å². The lowest BCUT2D eigenvalue weighted by Crippen LogP contribution is -2.22. The number of hydrazone groups is 1. The van der Waals surface area contributed by atoms with E-state index in [1.165, 1.54) is 0 Å². The molecule has 8 nitrogen and oxygen atoms in total. The summed E-state index contributed by atoms with van der Waals surface area (Å²) in [5.41, 5.74) is 5.36. The third-order valence-electron chi connectivity index (χ3n) is 7.85. The van der Waals surface area contributed by atoms with E-state index in [0.717, 1.165) is 54.2 Å². The van der Waals surface area contributed by atoms with Crippen molar-refractivity contribution in [3.63, 3.8) is 0 Å². The number of carboxylic acid groups (broad SMARTS) is 1. The number of carboxylic acids is 1. The Labute approximate surface area is 240 Å². The van der Waals surface area contributed by atoms with Crippen LogP contribution in [0.5, 0.6) is 0 Å². The van der Waals surface area contributed by atoms with Gasteiger partial charge in [-0.25, -0.2) is 9.59 Å². The van der Waals surface area contributed by atoms with Crippen LogP contribution in [0.1, 0.15) is 61.6 Å². The molecule has 0 radical (unpaired) electrons. The van der Waals surface area contributed by atoms with Crippen molar-refractivity contribution in [2.45, 2.75) is 40.2 Å². The summed E-state index contributed by atoms with van der Waals surface area (Å²) in [7, 11) is 0. The maximum absolute atomic E-state index is 13.3. The van der Waals surface area contributed by atoms with E-state index in [0.29, 0.717) is 23.3 Å². The number of hydrogen-bond acceptors (Lipinski definition) is 7. The van der Waals surface area contributed by atoms with Gasteiger partial charge in [-0.15, -0.1) is 0 Å². The van der Waals surface area contributed by atoms with E-state index < -0.39 is 11.6 Å². The van der Waals surface area contributed by atoms with Gasteiger partial charge in [0.05, 0.1) is 28.6 Å². The Hall–Kier alpha value is -4.59. The summed E-state index contributed by atoms with van der Waals surface area (Å²) in [5, 5.41) is 17.0. The average Bonchev–Trinajstić information content (AvgIpc) is 3.43. The highest BCUT2D eigenvalue weighted by molar-refractivity contribution is 6.04. The second kappa shape index (κ2) is 11.9. The molecule has 3 aromatic carbocycles. The molecule has 1 N–H and O–H groups in total. The molecule has 8 heteroatoms. The quantitative estimate of drug-likeness (QED) is 0.224. The molecule has 0 bridgehead atoms.